The van der Waals surface area contributed by atoms with Crippen LogP contribution in [0.25, 0.3) is 0 Å². The van der Waals surface area contributed by atoms with E-state index < -0.39 is 0 Å². The average Bonchev–Trinajstić information content (AvgIpc) is 1.82. The molecule has 0 saturated heterocycles. The van der Waals surface area contributed by atoms with Crippen molar-refractivity contribution < 1.29 is 0 Å². The molecule has 0 unspecified atom stereocenters. The molecule has 0 aliphatic carbocycles. The molecule has 0 spiro atoms. The van der Waals surface area contributed by atoms with E-state index in [4.69, 9.17) is 11.6 Å². The van der Waals surface area contributed by atoms with Crippen molar-refractivity contribution in [1.82, 2.24) is 0 Å². The van der Waals surface area contributed by atoms with E-state index in [1.807, 2.05) is 32.1 Å². The third kappa shape index (κ3) is 5.64. The molecule has 0 amide bonds. The summed E-state index contributed by atoms with van der Waals surface area (Å²) in [4.78, 5) is 0. The van der Waals surface area contributed by atoms with E-state index >= 15 is 0 Å². The van der Waals surface area contributed by atoms with E-state index in [9.17, 15) is 0 Å². The van der Waals surface area contributed by atoms with Crippen LogP contribution in [0, 0.1) is 0 Å². The lowest BCUT2D eigenvalue weighted by molar-refractivity contribution is 1.44. The Bertz CT molecular complexity index is 164. The van der Waals surface area contributed by atoms with Gasteiger partial charge in [-0.25, -0.2) is 0 Å². The topological polar surface area (TPSA) is 0 Å². The van der Waals surface area contributed by atoms with Crippen LogP contribution in [0.1, 0.15) is 13.8 Å². The Morgan fingerprint density at radius 1 is 1.50 bits per heavy atom. The third-order valence-corrected chi connectivity index (χ3v) is 1.12. The van der Waals surface area contributed by atoms with Crippen LogP contribution >= 0.6 is 11.6 Å². The van der Waals surface area contributed by atoms with Gasteiger partial charge in [-0.3, -0.25) is 0 Å². The zero-order valence-electron chi connectivity index (χ0n) is 6.52. The molecule has 0 saturated carbocycles. The van der Waals surface area contributed by atoms with Gasteiger partial charge in [0.05, 0.1) is 0 Å². The SMILES string of the molecule is C=C(C)C=C(C)C=CCCl. The van der Waals surface area contributed by atoms with E-state index in [0.29, 0.717) is 5.88 Å². The second-order valence-corrected chi connectivity index (χ2v) is 2.60. The van der Waals surface area contributed by atoms with Crippen LogP contribution in [0.5, 0.6) is 0 Å². The first kappa shape index (κ1) is 9.51. The fourth-order valence-corrected chi connectivity index (χ4v) is 0.756. The van der Waals surface area contributed by atoms with Crippen molar-refractivity contribution in [2.75, 3.05) is 5.88 Å². The normalized spacial score (nSPS) is 12.5. The Morgan fingerprint density at radius 2 is 2.10 bits per heavy atom. The van der Waals surface area contributed by atoms with Gasteiger partial charge in [0.25, 0.3) is 0 Å². The summed E-state index contributed by atoms with van der Waals surface area (Å²) < 4.78 is 0. The Hall–Kier alpha value is -0.490. The summed E-state index contributed by atoms with van der Waals surface area (Å²) in [7, 11) is 0. The second kappa shape index (κ2) is 5.31. The predicted octanol–water partition coefficient (Wildman–Crippen LogP) is 3.30. The standard InChI is InChI=1S/C9H13Cl/c1-8(2)7-9(3)5-4-6-10/h4-5,7H,1,6H2,2-3H3. The molecular formula is C9H13Cl. The number of allylic oxidation sites excluding steroid dienone is 5. The largest absolute Gasteiger partial charge is 0.122 e. The average molecular weight is 157 g/mol. The van der Waals surface area contributed by atoms with Crippen molar-refractivity contribution in [2.24, 2.45) is 0 Å². The highest BCUT2D eigenvalue weighted by Crippen LogP contribution is 2.00. The summed E-state index contributed by atoms with van der Waals surface area (Å²) >= 11 is 5.45. The molecule has 0 rings (SSSR count). The molecule has 0 aliphatic rings. The van der Waals surface area contributed by atoms with Gasteiger partial charge in [-0.15, -0.1) is 11.6 Å². The first-order chi connectivity index (χ1) is 4.66. The molecule has 0 atom stereocenters. The summed E-state index contributed by atoms with van der Waals surface area (Å²) in [5, 5.41) is 0. The van der Waals surface area contributed by atoms with E-state index in [2.05, 4.69) is 6.58 Å². The Kier molecular flexibility index (Phi) is 5.05. The minimum atomic E-state index is 0.571. The van der Waals surface area contributed by atoms with Gasteiger partial charge in [-0.2, -0.15) is 0 Å². The quantitative estimate of drug-likeness (QED) is 0.435. The molecule has 0 aliphatic heterocycles. The number of alkyl halides is 1. The van der Waals surface area contributed by atoms with Crippen molar-refractivity contribution in [3.05, 3.63) is 36.0 Å². The lowest BCUT2D eigenvalue weighted by atomic mass is 10.2. The van der Waals surface area contributed by atoms with Crippen molar-refractivity contribution in [3.63, 3.8) is 0 Å². The molecule has 0 aromatic rings. The van der Waals surface area contributed by atoms with Crippen molar-refractivity contribution in [3.8, 4) is 0 Å². The summed E-state index contributed by atoms with van der Waals surface area (Å²) in [6.07, 6.45) is 5.92. The number of hydrogen-bond donors (Lipinski definition) is 0. The van der Waals surface area contributed by atoms with Gasteiger partial charge in [0.2, 0.25) is 0 Å². The van der Waals surface area contributed by atoms with Gasteiger partial charge < -0.3 is 0 Å². The fraction of sp³-hybridized carbons (Fsp3) is 0.333. The molecule has 1 heteroatoms. The Labute approximate surface area is 67.9 Å². The Morgan fingerprint density at radius 3 is 2.50 bits per heavy atom. The molecule has 0 bridgehead atoms. The minimum absolute atomic E-state index is 0.571. The van der Waals surface area contributed by atoms with E-state index in [-0.39, 0.29) is 0 Å². The highest BCUT2D eigenvalue weighted by molar-refractivity contribution is 6.18. The summed E-state index contributed by atoms with van der Waals surface area (Å²) in [6.45, 7) is 7.76. The van der Waals surface area contributed by atoms with Gasteiger partial charge in [0.15, 0.2) is 0 Å². The van der Waals surface area contributed by atoms with Crippen LogP contribution in [-0.4, -0.2) is 5.88 Å². The maximum Gasteiger partial charge on any atom is 0.0407 e. The highest BCUT2D eigenvalue weighted by Gasteiger charge is 1.80. The molecule has 0 N–H and O–H groups in total. The molecule has 0 fully saturated rings. The maximum absolute atomic E-state index is 5.45. The maximum atomic E-state index is 5.45. The zero-order chi connectivity index (χ0) is 7.98. The van der Waals surface area contributed by atoms with E-state index in [0.717, 1.165) is 5.57 Å². The summed E-state index contributed by atoms with van der Waals surface area (Å²) in [5.41, 5.74) is 2.25. The monoisotopic (exact) mass is 156 g/mol. The molecule has 0 heterocycles. The molecule has 0 aromatic heterocycles. The number of rotatable bonds is 3. The highest BCUT2D eigenvalue weighted by atomic mass is 35.5. The van der Waals surface area contributed by atoms with E-state index in [1.165, 1.54) is 5.57 Å². The first-order valence-electron chi connectivity index (χ1n) is 3.23. The number of hydrogen-bond acceptors (Lipinski definition) is 0. The van der Waals surface area contributed by atoms with Crippen LogP contribution in [0.4, 0.5) is 0 Å². The molecule has 0 nitrogen and oxygen atoms in total. The molecular weight excluding hydrogens is 144 g/mol. The Balaban J connectivity index is 3.94. The van der Waals surface area contributed by atoms with Crippen molar-refractivity contribution in [1.29, 1.82) is 0 Å². The molecule has 56 valence electrons. The smallest absolute Gasteiger partial charge is 0.0407 e. The van der Waals surface area contributed by atoms with Crippen molar-refractivity contribution >= 4 is 11.6 Å². The summed E-state index contributed by atoms with van der Waals surface area (Å²) in [6, 6.07) is 0. The molecule has 0 radical (unpaired) electrons. The molecule has 10 heavy (non-hydrogen) atoms. The fourth-order valence-electron chi connectivity index (χ4n) is 0.667. The predicted molar refractivity (Wildman–Crippen MR) is 48.4 cm³/mol. The summed E-state index contributed by atoms with van der Waals surface area (Å²) in [5.74, 6) is 0.571. The lowest BCUT2D eigenvalue weighted by Crippen LogP contribution is -1.70. The zero-order valence-corrected chi connectivity index (χ0v) is 7.28. The third-order valence-electron chi connectivity index (χ3n) is 0.944. The first-order valence-corrected chi connectivity index (χ1v) is 3.76. The molecule has 0 aromatic carbocycles. The van der Waals surface area contributed by atoms with Crippen LogP contribution in [0.2, 0.25) is 0 Å². The van der Waals surface area contributed by atoms with Crippen LogP contribution in [0.3, 0.4) is 0 Å². The lowest BCUT2D eigenvalue weighted by Gasteiger charge is -1.90. The van der Waals surface area contributed by atoms with Crippen LogP contribution < -0.4 is 0 Å². The van der Waals surface area contributed by atoms with Gasteiger partial charge in [0.1, 0.15) is 0 Å². The van der Waals surface area contributed by atoms with Crippen LogP contribution in [-0.2, 0) is 0 Å². The second-order valence-electron chi connectivity index (χ2n) is 2.29. The number of halogens is 1. The van der Waals surface area contributed by atoms with Gasteiger partial charge in [-0.05, 0) is 13.8 Å². The van der Waals surface area contributed by atoms with Crippen LogP contribution in [0.15, 0.2) is 36.0 Å². The van der Waals surface area contributed by atoms with Gasteiger partial charge in [0, 0.05) is 5.88 Å². The van der Waals surface area contributed by atoms with Gasteiger partial charge >= 0.3 is 0 Å². The van der Waals surface area contributed by atoms with Gasteiger partial charge in [-0.1, -0.05) is 36.0 Å². The van der Waals surface area contributed by atoms with E-state index in [1.54, 1.807) is 0 Å². The minimum Gasteiger partial charge on any atom is -0.122 e. The van der Waals surface area contributed by atoms with Crippen molar-refractivity contribution in [2.45, 2.75) is 13.8 Å².